The molecule has 2 rings (SSSR count). The Morgan fingerprint density at radius 1 is 1.29 bits per heavy atom. The Kier molecular flexibility index (Phi) is 5.06. The van der Waals surface area contributed by atoms with Crippen LogP contribution in [-0.4, -0.2) is 48.8 Å². The van der Waals surface area contributed by atoms with E-state index in [1.165, 1.54) is 17.9 Å². The SMILES string of the molecule is COCOC1C(C2SCCCS2)OCC1(C)C. The Morgan fingerprint density at radius 2 is 2.00 bits per heavy atom. The molecule has 2 aliphatic rings. The Labute approximate surface area is 112 Å². The van der Waals surface area contributed by atoms with E-state index in [1.54, 1.807) is 7.11 Å². The van der Waals surface area contributed by atoms with Crippen LogP contribution in [0.15, 0.2) is 0 Å². The van der Waals surface area contributed by atoms with Crippen LogP contribution in [0.25, 0.3) is 0 Å². The maximum Gasteiger partial charge on any atom is 0.146 e. The number of ether oxygens (including phenoxy) is 3. The summed E-state index contributed by atoms with van der Waals surface area (Å²) in [4.78, 5) is 0. The van der Waals surface area contributed by atoms with E-state index < -0.39 is 0 Å². The van der Waals surface area contributed by atoms with E-state index in [9.17, 15) is 0 Å². The van der Waals surface area contributed by atoms with Crippen molar-refractivity contribution in [3.8, 4) is 0 Å². The summed E-state index contributed by atoms with van der Waals surface area (Å²) in [6.45, 7) is 5.57. The summed E-state index contributed by atoms with van der Waals surface area (Å²) < 4.78 is 17.4. The summed E-state index contributed by atoms with van der Waals surface area (Å²) >= 11 is 4.03. The molecule has 2 aliphatic heterocycles. The smallest absolute Gasteiger partial charge is 0.146 e. The highest BCUT2D eigenvalue weighted by atomic mass is 32.2. The van der Waals surface area contributed by atoms with E-state index in [1.807, 2.05) is 23.5 Å². The van der Waals surface area contributed by atoms with Crippen LogP contribution in [0.2, 0.25) is 0 Å². The largest absolute Gasteiger partial charge is 0.373 e. The molecule has 0 N–H and O–H groups in total. The first-order chi connectivity index (χ1) is 8.15. The average Bonchev–Trinajstić information content (AvgIpc) is 2.63. The van der Waals surface area contributed by atoms with Gasteiger partial charge in [-0.2, -0.15) is 0 Å². The maximum absolute atomic E-state index is 6.00. The van der Waals surface area contributed by atoms with Crippen LogP contribution in [0.5, 0.6) is 0 Å². The van der Waals surface area contributed by atoms with Gasteiger partial charge < -0.3 is 14.2 Å². The van der Waals surface area contributed by atoms with Gasteiger partial charge in [-0.3, -0.25) is 0 Å². The standard InChI is InChI=1S/C12H22O3S2/c1-12(2)7-14-9(10(12)15-8-13-3)11-16-5-4-6-17-11/h9-11H,4-8H2,1-3H3. The number of hydrogen-bond acceptors (Lipinski definition) is 5. The van der Waals surface area contributed by atoms with Gasteiger partial charge >= 0.3 is 0 Å². The van der Waals surface area contributed by atoms with Gasteiger partial charge in [0.2, 0.25) is 0 Å². The fraction of sp³-hybridized carbons (Fsp3) is 1.00. The van der Waals surface area contributed by atoms with Crippen LogP contribution in [-0.2, 0) is 14.2 Å². The van der Waals surface area contributed by atoms with E-state index in [0.29, 0.717) is 11.4 Å². The Bertz CT molecular complexity index is 242. The second kappa shape index (κ2) is 6.15. The van der Waals surface area contributed by atoms with Gasteiger partial charge in [0.15, 0.2) is 0 Å². The Morgan fingerprint density at radius 3 is 2.65 bits per heavy atom. The molecule has 0 radical (unpaired) electrons. The summed E-state index contributed by atoms with van der Waals surface area (Å²) in [5, 5.41) is 0. The van der Waals surface area contributed by atoms with Crippen molar-refractivity contribution >= 4 is 23.5 Å². The minimum Gasteiger partial charge on any atom is -0.373 e. The lowest BCUT2D eigenvalue weighted by Crippen LogP contribution is -2.40. The molecule has 0 saturated carbocycles. The fourth-order valence-corrected chi connectivity index (χ4v) is 5.36. The summed E-state index contributed by atoms with van der Waals surface area (Å²) in [6, 6.07) is 0. The van der Waals surface area contributed by atoms with Crippen LogP contribution in [0.3, 0.4) is 0 Å². The number of rotatable bonds is 4. The lowest BCUT2D eigenvalue weighted by atomic mass is 9.87. The van der Waals surface area contributed by atoms with E-state index in [2.05, 4.69) is 13.8 Å². The van der Waals surface area contributed by atoms with Crippen molar-refractivity contribution in [3.05, 3.63) is 0 Å². The first-order valence-electron chi connectivity index (χ1n) is 6.10. The molecule has 2 fully saturated rings. The van der Waals surface area contributed by atoms with Crippen LogP contribution in [0, 0.1) is 5.41 Å². The molecule has 5 heteroatoms. The van der Waals surface area contributed by atoms with E-state index in [0.717, 1.165) is 6.61 Å². The summed E-state index contributed by atoms with van der Waals surface area (Å²) in [7, 11) is 1.67. The molecule has 0 bridgehead atoms. The second-order valence-electron chi connectivity index (χ2n) is 5.22. The second-order valence-corrected chi connectivity index (χ2v) is 8.02. The van der Waals surface area contributed by atoms with Gasteiger partial charge in [-0.25, -0.2) is 0 Å². The molecule has 3 nitrogen and oxygen atoms in total. The highest BCUT2D eigenvalue weighted by Gasteiger charge is 2.48. The third kappa shape index (κ3) is 3.32. The van der Waals surface area contributed by atoms with Gasteiger partial charge in [0.05, 0.1) is 17.3 Å². The Balaban J connectivity index is 1.99. The van der Waals surface area contributed by atoms with Gasteiger partial charge in [-0.15, -0.1) is 23.5 Å². The van der Waals surface area contributed by atoms with Crippen molar-refractivity contribution in [3.63, 3.8) is 0 Å². The molecule has 100 valence electrons. The molecule has 0 aromatic heterocycles. The molecule has 0 aromatic rings. The van der Waals surface area contributed by atoms with Crippen LogP contribution >= 0.6 is 23.5 Å². The molecule has 2 saturated heterocycles. The van der Waals surface area contributed by atoms with Crippen LogP contribution in [0.1, 0.15) is 20.3 Å². The van der Waals surface area contributed by atoms with Crippen molar-refractivity contribution in [2.45, 2.75) is 37.1 Å². The van der Waals surface area contributed by atoms with Gasteiger partial charge in [0.25, 0.3) is 0 Å². The van der Waals surface area contributed by atoms with E-state index in [-0.39, 0.29) is 17.6 Å². The lowest BCUT2D eigenvalue weighted by molar-refractivity contribution is -0.110. The zero-order valence-corrected chi connectivity index (χ0v) is 12.4. The molecule has 0 aromatic carbocycles. The monoisotopic (exact) mass is 278 g/mol. The predicted octanol–water partition coefficient (Wildman–Crippen LogP) is 2.60. The highest BCUT2D eigenvalue weighted by molar-refractivity contribution is 8.17. The Hall–Kier alpha value is 0.580. The molecular weight excluding hydrogens is 256 g/mol. The minimum absolute atomic E-state index is 0.0851. The molecular formula is C12H22O3S2. The van der Waals surface area contributed by atoms with Crippen molar-refractivity contribution < 1.29 is 14.2 Å². The zero-order valence-electron chi connectivity index (χ0n) is 10.8. The number of hydrogen-bond donors (Lipinski definition) is 0. The van der Waals surface area contributed by atoms with Gasteiger partial charge in [-0.05, 0) is 17.9 Å². The van der Waals surface area contributed by atoms with Crippen molar-refractivity contribution in [2.24, 2.45) is 5.41 Å². The van der Waals surface area contributed by atoms with Crippen LogP contribution in [0.4, 0.5) is 0 Å². The normalized spacial score (nSPS) is 34.1. The van der Waals surface area contributed by atoms with Gasteiger partial charge in [0, 0.05) is 12.5 Å². The molecule has 2 heterocycles. The quantitative estimate of drug-likeness (QED) is 0.737. The zero-order chi connectivity index (χ0) is 12.3. The number of thioether (sulfide) groups is 2. The molecule has 2 atom stereocenters. The summed E-state index contributed by atoms with van der Waals surface area (Å²) in [5.74, 6) is 2.49. The topological polar surface area (TPSA) is 27.7 Å². The van der Waals surface area contributed by atoms with Crippen LogP contribution < -0.4 is 0 Å². The average molecular weight is 278 g/mol. The molecule has 2 unspecified atom stereocenters. The van der Waals surface area contributed by atoms with E-state index >= 15 is 0 Å². The van der Waals surface area contributed by atoms with Crippen molar-refractivity contribution in [2.75, 3.05) is 32.0 Å². The van der Waals surface area contributed by atoms with Gasteiger partial charge in [-0.1, -0.05) is 13.8 Å². The first kappa shape index (κ1) is 14.0. The summed E-state index contributed by atoms with van der Waals surface area (Å²) in [6.07, 6.45) is 1.66. The van der Waals surface area contributed by atoms with Gasteiger partial charge in [0.1, 0.15) is 12.9 Å². The first-order valence-corrected chi connectivity index (χ1v) is 8.20. The molecule has 0 aliphatic carbocycles. The lowest BCUT2D eigenvalue weighted by Gasteiger charge is -2.33. The molecule has 0 amide bonds. The predicted molar refractivity (Wildman–Crippen MR) is 73.6 cm³/mol. The maximum atomic E-state index is 6.00. The fourth-order valence-electron chi connectivity index (χ4n) is 2.30. The third-order valence-corrected chi connectivity index (χ3v) is 6.26. The minimum atomic E-state index is 0.0851. The van der Waals surface area contributed by atoms with Crippen molar-refractivity contribution in [1.29, 1.82) is 0 Å². The summed E-state index contributed by atoms with van der Waals surface area (Å²) in [5.41, 5.74) is 0.0851. The number of methoxy groups -OCH3 is 1. The molecule has 0 spiro atoms. The highest BCUT2D eigenvalue weighted by Crippen LogP contribution is 2.44. The van der Waals surface area contributed by atoms with Crippen molar-refractivity contribution in [1.82, 2.24) is 0 Å². The third-order valence-electron chi connectivity index (χ3n) is 3.20. The van der Waals surface area contributed by atoms with E-state index in [4.69, 9.17) is 14.2 Å². The molecule has 17 heavy (non-hydrogen) atoms.